The number of benzene rings is 1. The van der Waals surface area contributed by atoms with Gasteiger partial charge in [0.1, 0.15) is 0 Å². The molecule has 0 bridgehead atoms. The largest absolute Gasteiger partial charge is 0.355 e. The van der Waals surface area contributed by atoms with E-state index in [9.17, 15) is 4.79 Å². The Morgan fingerprint density at radius 3 is 2.21 bits per heavy atom. The van der Waals surface area contributed by atoms with Gasteiger partial charge in [-0.25, -0.2) is 0 Å². The first kappa shape index (κ1) is 15.7. The standard InChI is InChI=1S/C15H25N3O/c1-10-6-12(15(19)17-3)7-11(2)14(10)8-13(9-16)18(4)5/h6-7,13H,8-9,16H2,1-5H3,(H,17,19)/t13-/m0/s1. The first-order valence-electron chi connectivity index (χ1n) is 6.59. The highest BCUT2D eigenvalue weighted by Crippen LogP contribution is 2.19. The molecule has 4 nitrogen and oxygen atoms in total. The molecule has 0 aliphatic rings. The zero-order valence-corrected chi connectivity index (χ0v) is 12.6. The Bertz CT molecular complexity index is 432. The van der Waals surface area contributed by atoms with Crippen molar-refractivity contribution in [3.63, 3.8) is 0 Å². The van der Waals surface area contributed by atoms with Gasteiger partial charge in [-0.15, -0.1) is 0 Å². The summed E-state index contributed by atoms with van der Waals surface area (Å²) >= 11 is 0. The summed E-state index contributed by atoms with van der Waals surface area (Å²) in [5, 5.41) is 2.66. The number of carbonyl (C=O) groups excluding carboxylic acids is 1. The molecule has 1 atom stereocenters. The third-order valence-corrected chi connectivity index (χ3v) is 3.63. The summed E-state index contributed by atoms with van der Waals surface area (Å²) in [4.78, 5) is 13.8. The van der Waals surface area contributed by atoms with Crippen molar-refractivity contribution in [1.82, 2.24) is 10.2 Å². The number of rotatable bonds is 5. The quantitative estimate of drug-likeness (QED) is 0.836. The van der Waals surface area contributed by atoms with Gasteiger partial charge in [0.25, 0.3) is 5.91 Å². The lowest BCUT2D eigenvalue weighted by Crippen LogP contribution is -2.37. The topological polar surface area (TPSA) is 58.4 Å². The fourth-order valence-corrected chi connectivity index (χ4v) is 2.30. The van der Waals surface area contributed by atoms with Crippen LogP contribution in [0.15, 0.2) is 12.1 Å². The first-order valence-corrected chi connectivity index (χ1v) is 6.59. The SMILES string of the molecule is CNC(=O)c1cc(C)c(C[C@@H](CN)N(C)C)c(C)c1. The predicted octanol–water partition coefficient (Wildman–Crippen LogP) is 1.09. The van der Waals surface area contributed by atoms with Crippen LogP contribution in [0.5, 0.6) is 0 Å². The zero-order chi connectivity index (χ0) is 14.6. The van der Waals surface area contributed by atoms with E-state index >= 15 is 0 Å². The average Bonchev–Trinajstić information content (AvgIpc) is 2.36. The van der Waals surface area contributed by atoms with E-state index in [0.717, 1.165) is 23.1 Å². The smallest absolute Gasteiger partial charge is 0.251 e. The maximum atomic E-state index is 11.7. The van der Waals surface area contributed by atoms with Gasteiger partial charge in [0.05, 0.1) is 0 Å². The highest BCUT2D eigenvalue weighted by Gasteiger charge is 2.15. The molecule has 1 rings (SSSR count). The van der Waals surface area contributed by atoms with Crippen LogP contribution in [0.4, 0.5) is 0 Å². The van der Waals surface area contributed by atoms with Crippen molar-refractivity contribution in [3.05, 3.63) is 34.4 Å². The Kier molecular flexibility index (Phi) is 5.51. The summed E-state index contributed by atoms with van der Waals surface area (Å²) < 4.78 is 0. The summed E-state index contributed by atoms with van der Waals surface area (Å²) in [6.07, 6.45) is 0.912. The van der Waals surface area contributed by atoms with Crippen LogP contribution in [-0.2, 0) is 6.42 Å². The molecule has 0 saturated carbocycles. The second-order valence-electron chi connectivity index (χ2n) is 5.22. The van der Waals surface area contributed by atoms with E-state index in [4.69, 9.17) is 5.73 Å². The van der Waals surface area contributed by atoms with Crippen LogP contribution in [0.25, 0.3) is 0 Å². The van der Waals surface area contributed by atoms with Gasteiger partial charge in [-0.3, -0.25) is 4.79 Å². The highest BCUT2D eigenvalue weighted by molar-refractivity contribution is 5.94. The normalized spacial score (nSPS) is 12.6. The molecular weight excluding hydrogens is 238 g/mol. The molecule has 0 aliphatic heterocycles. The van der Waals surface area contributed by atoms with Crippen LogP contribution in [0.3, 0.4) is 0 Å². The van der Waals surface area contributed by atoms with E-state index in [2.05, 4.69) is 24.1 Å². The number of hydrogen-bond acceptors (Lipinski definition) is 3. The van der Waals surface area contributed by atoms with E-state index in [0.29, 0.717) is 12.6 Å². The van der Waals surface area contributed by atoms with Gasteiger partial charge in [-0.05, 0) is 63.2 Å². The van der Waals surface area contributed by atoms with Gasteiger partial charge in [0.15, 0.2) is 0 Å². The number of aryl methyl sites for hydroxylation is 2. The number of carbonyl (C=O) groups is 1. The van der Waals surface area contributed by atoms with Crippen LogP contribution in [-0.4, -0.2) is 44.5 Å². The molecule has 0 saturated heterocycles. The molecular formula is C15H25N3O. The second-order valence-corrected chi connectivity index (χ2v) is 5.22. The average molecular weight is 263 g/mol. The van der Waals surface area contributed by atoms with E-state index in [1.165, 1.54) is 5.56 Å². The van der Waals surface area contributed by atoms with Crippen LogP contribution in [0, 0.1) is 13.8 Å². The van der Waals surface area contributed by atoms with Crippen molar-refractivity contribution in [2.24, 2.45) is 5.73 Å². The minimum Gasteiger partial charge on any atom is -0.355 e. The molecule has 0 fully saturated rings. The first-order chi connectivity index (χ1) is 8.90. The molecule has 1 aromatic carbocycles. The van der Waals surface area contributed by atoms with Crippen molar-refractivity contribution in [2.75, 3.05) is 27.7 Å². The molecule has 4 heteroatoms. The van der Waals surface area contributed by atoms with Gasteiger partial charge in [-0.2, -0.15) is 0 Å². The zero-order valence-electron chi connectivity index (χ0n) is 12.6. The van der Waals surface area contributed by atoms with Gasteiger partial charge in [0, 0.05) is 25.2 Å². The lowest BCUT2D eigenvalue weighted by atomic mass is 9.93. The lowest BCUT2D eigenvalue weighted by Gasteiger charge is -2.24. The fraction of sp³-hybridized carbons (Fsp3) is 0.533. The maximum absolute atomic E-state index is 11.7. The van der Waals surface area contributed by atoms with Crippen LogP contribution >= 0.6 is 0 Å². The Labute approximate surface area is 116 Å². The highest BCUT2D eigenvalue weighted by atomic mass is 16.1. The summed E-state index contributed by atoms with van der Waals surface area (Å²) in [5.74, 6) is -0.0410. The Balaban J connectivity index is 3.06. The summed E-state index contributed by atoms with van der Waals surface area (Å²) in [7, 11) is 5.74. The van der Waals surface area contributed by atoms with E-state index in [-0.39, 0.29) is 5.91 Å². The molecule has 0 unspecified atom stereocenters. The number of amides is 1. The van der Waals surface area contributed by atoms with Crippen molar-refractivity contribution in [2.45, 2.75) is 26.3 Å². The molecule has 0 aliphatic carbocycles. The Morgan fingerprint density at radius 1 is 1.32 bits per heavy atom. The van der Waals surface area contributed by atoms with Crippen LogP contribution in [0.2, 0.25) is 0 Å². The molecule has 0 radical (unpaired) electrons. The number of nitrogens with zero attached hydrogens (tertiary/aromatic N) is 1. The monoisotopic (exact) mass is 263 g/mol. The van der Waals surface area contributed by atoms with Crippen molar-refractivity contribution < 1.29 is 4.79 Å². The van der Waals surface area contributed by atoms with E-state index < -0.39 is 0 Å². The summed E-state index contributed by atoms with van der Waals surface area (Å²) in [5.41, 5.74) is 10.1. The third-order valence-electron chi connectivity index (χ3n) is 3.63. The van der Waals surface area contributed by atoms with Gasteiger partial charge in [-0.1, -0.05) is 0 Å². The molecule has 0 aromatic heterocycles. The van der Waals surface area contributed by atoms with Crippen molar-refractivity contribution in [3.8, 4) is 0 Å². The molecule has 19 heavy (non-hydrogen) atoms. The lowest BCUT2D eigenvalue weighted by molar-refractivity contribution is 0.0963. The molecule has 1 aromatic rings. The third kappa shape index (κ3) is 3.78. The van der Waals surface area contributed by atoms with Crippen LogP contribution in [0.1, 0.15) is 27.0 Å². The molecule has 0 spiro atoms. The number of likely N-dealkylation sites (N-methyl/N-ethyl adjacent to an activating group) is 1. The van der Waals surface area contributed by atoms with Gasteiger partial charge >= 0.3 is 0 Å². The van der Waals surface area contributed by atoms with Crippen molar-refractivity contribution in [1.29, 1.82) is 0 Å². The Hall–Kier alpha value is -1.39. The second kappa shape index (κ2) is 6.68. The van der Waals surface area contributed by atoms with Crippen LogP contribution < -0.4 is 11.1 Å². The van der Waals surface area contributed by atoms with Crippen molar-refractivity contribution >= 4 is 5.91 Å². The molecule has 106 valence electrons. The van der Waals surface area contributed by atoms with E-state index in [1.807, 2.05) is 26.2 Å². The number of nitrogens with one attached hydrogen (secondary N) is 1. The molecule has 1 amide bonds. The van der Waals surface area contributed by atoms with Gasteiger partial charge < -0.3 is 16.0 Å². The van der Waals surface area contributed by atoms with E-state index in [1.54, 1.807) is 7.05 Å². The summed E-state index contributed by atoms with van der Waals surface area (Å²) in [6.45, 7) is 4.74. The van der Waals surface area contributed by atoms with Gasteiger partial charge in [0.2, 0.25) is 0 Å². The minimum atomic E-state index is -0.0410. The number of hydrogen-bond donors (Lipinski definition) is 2. The molecule has 3 N–H and O–H groups in total. The predicted molar refractivity (Wildman–Crippen MR) is 79.5 cm³/mol. The number of nitrogens with two attached hydrogens (primary N) is 1. The Morgan fingerprint density at radius 2 is 1.84 bits per heavy atom. The molecule has 0 heterocycles. The maximum Gasteiger partial charge on any atom is 0.251 e. The minimum absolute atomic E-state index is 0.0410. The summed E-state index contributed by atoms with van der Waals surface area (Å²) in [6, 6.07) is 4.22. The fourth-order valence-electron chi connectivity index (χ4n) is 2.30.